The van der Waals surface area contributed by atoms with Crippen molar-refractivity contribution in [2.45, 2.75) is 38.8 Å². The number of halogens is 2. The minimum Gasteiger partial charge on any atom is -0.353 e. The van der Waals surface area contributed by atoms with Crippen molar-refractivity contribution in [2.24, 2.45) is 4.99 Å². The third kappa shape index (κ3) is 4.92. The zero-order valence-electron chi connectivity index (χ0n) is 14.0. The largest absolute Gasteiger partial charge is 0.353 e. The number of aryl methyl sites for hydroxylation is 2. The van der Waals surface area contributed by atoms with Gasteiger partial charge in [0, 0.05) is 28.4 Å². The van der Waals surface area contributed by atoms with Crippen LogP contribution in [-0.4, -0.2) is 24.0 Å². The summed E-state index contributed by atoms with van der Waals surface area (Å²) in [6.45, 7) is 4.88. The Morgan fingerprint density at radius 1 is 1.33 bits per heavy atom. The Morgan fingerprint density at radius 3 is 2.62 bits per heavy atom. The van der Waals surface area contributed by atoms with Crippen molar-refractivity contribution < 1.29 is 0 Å². The van der Waals surface area contributed by atoms with Crippen LogP contribution in [0.3, 0.4) is 0 Å². The maximum atomic E-state index is 4.55. The Morgan fingerprint density at radius 2 is 2.04 bits per heavy atom. The van der Waals surface area contributed by atoms with Crippen LogP contribution in [-0.2, 0) is 6.54 Å². The predicted octanol–water partition coefficient (Wildman–Crippen LogP) is 4.36. The van der Waals surface area contributed by atoms with Gasteiger partial charge in [0.25, 0.3) is 0 Å². The molecule has 1 heterocycles. The smallest absolute Gasteiger partial charge is 0.191 e. The Labute approximate surface area is 172 Å². The van der Waals surface area contributed by atoms with Gasteiger partial charge in [0.05, 0.1) is 12.2 Å². The molecule has 1 aromatic heterocycles. The number of hydrogen-bond donors (Lipinski definition) is 2. The molecule has 0 radical (unpaired) electrons. The summed E-state index contributed by atoms with van der Waals surface area (Å²) in [4.78, 5) is 10.1. The fourth-order valence-corrected chi connectivity index (χ4v) is 3.72. The van der Waals surface area contributed by atoms with Crippen molar-refractivity contribution in [3.8, 4) is 0 Å². The second-order valence-corrected chi connectivity index (χ2v) is 8.02. The van der Waals surface area contributed by atoms with Gasteiger partial charge in [-0.25, -0.2) is 4.98 Å². The van der Waals surface area contributed by atoms with Crippen LogP contribution in [0.4, 0.5) is 0 Å². The fourth-order valence-electron chi connectivity index (χ4n) is 2.58. The summed E-state index contributed by atoms with van der Waals surface area (Å²) in [7, 11) is 1.81. The molecular formula is C17H22BrIN4S. The van der Waals surface area contributed by atoms with Crippen LogP contribution in [0.2, 0.25) is 0 Å². The van der Waals surface area contributed by atoms with Crippen LogP contribution < -0.4 is 10.6 Å². The van der Waals surface area contributed by atoms with Crippen LogP contribution >= 0.6 is 51.2 Å². The van der Waals surface area contributed by atoms with E-state index in [9.17, 15) is 0 Å². The van der Waals surface area contributed by atoms with E-state index in [1.165, 1.54) is 10.4 Å². The molecule has 1 aliphatic carbocycles. The molecule has 1 aromatic carbocycles. The fraction of sp³-hybridized carbons (Fsp3) is 0.412. The van der Waals surface area contributed by atoms with E-state index >= 15 is 0 Å². The van der Waals surface area contributed by atoms with E-state index in [4.69, 9.17) is 0 Å². The van der Waals surface area contributed by atoms with Crippen molar-refractivity contribution in [1.29, 1.82) is 0 Å². The number of nitrogens with zero attached hydrogens (tertiary/aromatic N) is 2. The molecule has 0 amide bonds. The van der Waals surface area contributed by atoms with E-state index in [0.29, 0.717) is 18.5 Å². The molecule has 2 N–H and O–H groups in total. The quantitative estimate of drug-likeness (QED) is 0.357. The van der Waals surface area contributed by atoms with Gasteiger partial charge in [-0.2, -0.15) is 0 Å². The highest BCUT2D eigenvalue weighted by atomic mass is 127. The first-order valence-corrected chi connectivity index (χ1v) is 9.33. The standard InChI is InChI=1S/C17H21BrN4S.HI/c1-10-11(2)23-16(21-10)9-20-17(19-3)22-15-8-14(15)12-4-6-13(18)7-5-12;/h4-7,14-15H,8-9H2,1-3H3,(H2,19,20,22);1H. The van der Waals surface area contributed by atoms with Gasteiger partial charge in [-0.15, -0.1) is 35.3 Å². The molecule has 4 nitrogen and oxygen atoms in total. The Balaban J connectivity index is 0.00000208. The number of benzene rings is 1. The molecule has 130 valence electrons. The van der Waals surface area contributed by atoms with Crippen LogP contribution in [0.15, 0.2) is 33.7 Å². The predicted molar refractivity (Wildman–Crippen MR) is 116 cm³/mol. The van der Waals surface area contributed by atoms with Crippen molar-refractivity contribution >= 4 is 57.2 Å². The normalized spacial score (nSPS) is 19.6. The summed E-state index contributed by atoms with van der Waals surface area (Å²) in [5, 5.41) is 7.96. The van der Waals surface area contributed by atoms with Crippen LogP contribution in [0.25, 0.3) is 0 Å². The molecule has 1 saturated carbocycles. The lowest BCUT2D eigenvalue weighted by Crippen LogP contribution is -2.38. The van der Waals surface area contributed by atoms with E-state index < -0.39 is 0 Å². The average molecular weight is 521 g/mol. The molecule has 2 unspecified atom stereocenters. The highest BCUT2D eigenvalue weighted by Crippen LogP contribution is 2.40. The summed E-state index contributed by atoms with van der Waals surface area (Å²) in [5.41, 5.74) is 2.50. The lowest BCUT2D eigenvalue weighted by molar-refractivity contribution is 0.786. The molecule has 2 atom stereocenters. The average Bonchev–Trinajstić information content (AvgIpc) is 3.23. The third-order valence-corrected chi connectivity index (χ3v) is 5.72. The first kappa shape index (κ1) is 19.7. The molecular weight excluding hydrogens is 499 g/mol. The van der Waals surface area contributed by atoms with Gasteiger partial charge < -0.3 is 10.6 Å². The minimum atomic E-state index is 0. The second-order valence-electron chi connectivity index (χ2n) is 5.82. The van der Waals surface area contributed by atoms with E-state index in [-0.39, 0.29) is 24.0 Å². The SMILES string of the molecule is CN=C(NCc1nc(C)c(C)s1)NC1CC1c1ccc(Br)cc1.I. The molecule has 0 aliphatic heterocycles. The molecule has 0 saturated heterocycles. The van der Waals surface area contributed by atoms with Crippen LogP contribution in [0.1, 0.15) is 33.5 Å². The lowest BCUT2D eigenvalue weighted by Gasteiger charge is -2.11. The number of aromatic nitrogens is 1. The molecule has 7 heteroatoms. The Hall–Kier alpha value is -0.670. The minimum absolute atomic E-state index is 0. The van der Waals surface area contributed by atoms with E-state index in [0.717, 1.165) is 27.6 Å². The highest BCUT2D eigenvalue weighted by molar-refractivity contribution is 14.0. The summed E-state index contributed by atoms with van der Waals surface area (Å²) in [5.74, 6) is 1.42. The lowest BCUT2D eigenvalue weighted by atomic mass is 10.1. The summed E-state index contributed by atoms with van der Waals surface area (Å²) >= 11 is 5.22. The van der Waals surface area contributed by atoms with Gasteiger partial charge in [0.15, 0.2) is 5.96 Å². The maximum absolute atomic E-state index is 4.55. The van der Waals surface area contributed by atoms with Gasteiger partial charge >= 0.3 is 0 Å². The molecule has 1 aliphatic rings. The van der Waals surface area contributed by atoms with Gasteiger partial charge in [0.2, 0.25) is 0 Å². The van der Waals surface area contributed by atoms with Gasteiger partial charge in [0.1, 0.15) is 5.01 Å². The van der Waals surface area contributed by atoms with Gasteiger partial charge in [-0.05, 0) is 38.0 Å². The number of hydrogen-bond acceptors (Lipinski definition) is 3. The van der Waals surface area contributed by atoms with Gasteiger partial charge in [-0.3, -0.25) is 4.99 Å². The zero-order valence-corrected chi connectivity index (χ0v) is 18.7. The maximum Gasteiger partial charge on any atom is 0.191 e. The monoisotopic (exact) mass is 520 g/mol. The first-order valence-electron chi connectivity index (χ1n) is 7.72. The molecule has 1 fully saturated rings. The van der Waals surface area contributed by atoms with Crippen LogP contribution in [0, 0.1) is 13.8 Å². The molecule has 24 heavy (non-hydrogen) atoms. The highest BCUT2D eigenvalue weighted by Gasteiger charge is 2.38. The second kappa shape index (κ2) is 8.62. The van der Waals surface area contributed by atoms with E-state index in [1.54, 1.807) is 11.3 Å². The zero-order chi connectivity index (χ0) is 16.4. The van der Waals surface area contributed by atoms with Crippen LogP contribution in [0.5, 0.6) is 0 Å². The number of aliphatic imine (C=N–C) groups is 1. The van der Waals surface area contributed by atoms with Gasteiger partial charge in [-0.1, -0.05) is 28.1 Å². The number of guanidine groups is 1. The molecule has 3 rings (SSSR count). The molecule has 0 spiro atoms. The summed E-state index contributed by atoms with van der Waals surface area (Å²) < 4.78 is 1.12. The van der Waals surface area contributed by atoms with E-state index in [1.807, 2.05) is 7.05 Å². The van der Waals surface area contributed by atoms with E-state index in [2.05, 4.69) is 74.7 Å². The Kier molecular flexibility index (Phi) is 7.06. The number of thiazole rings is 1. The summed E-state index contributed by atoms with van der Waals surface area (Å²) in [6.07, 6.45) is 1.15. The summed E-state index contributed by atoms with van der Waals surface area (Å²) in [6, 6.07) is 9.04. The Bertz CT molecular complexity index is 694. The van der Waals surface area contributed by atoms with Crippen molar-refractivity contribution in [2.75, 3.05) is 7.05 Å². The number of rotatable bonds is 4. The van der Waals surface area contributed by atoms with Crippen molar-refractivity contribution in [3.63, 3.8) is 0 Å². The number of nitrogens with one attached hydrogen (secondary N) is 2. The first-order chi connectivity index (χ1) is 11.1. The molecule has 2 aromatic rings. The molecule has 0 bridgehead atoms. The van der Waals surface area contributed by atoms with Crippen molar-refractivity contribution in [3.05, 3.63) is 49.9 Å². The van der Waals surface area contributed by atoms with Crippen molar-refractivity contribution in [1.82, 2.24) is 15.6 Å². The topological polar surface area (TPSA) is 49.3 Å². The third-order valence-electron chi connectivity index (χ3n) is 4.11.